The summed E-state index contributed by atoms with van der Waals surface area (Å²) in [5.74, 6) is 0.562. The van der Waals surface area contributed by atoms with Crippen LogP contribution in [0, 0.1) is 13.8 Å². The highest BCUT2D eigenvalue weighted by Crippen LogP contribution is 2.32. The summed E-state index contributed by atoms with van der Waals surface area (Å²) in [6.07, 6.45) is 0. The number of hydrogen-bond acceptors (Lipinski definition) is 3. The van der Waals surface area contributed by atoms with Crippen molar-refractivity contribution >= 4 is 28.4 Å². The van der Waals surface area contributed by atoms with Crippen LogP contribution in [0.5, 0.6) is 0 Å². The van der Waals surface area contributed by atoms with E-state index in [0.717, 1.165) is 32.8 Å². The van der Waals surface area contributed by atoms with Gasteiger partial charge in [0.1, 0.15) is 5.52 Å². The molecular formula is C15H13ClN2O. The Balaban J connectivity index is 2.25. The fourth-order valence-corrected chi connectivity index (χ4v) is 2.30. The van der Waals surface area contributed by atoms with E-state index < -0.39 is 0 Å². The quantitative estimate of drug-likeness (QED) is 0.670. The molecule has 0 aliphatic rings. The second kappa shape index (κ2) is 4.28. The van der Waals surface area contributed by atoms with E-state index in [-0.39, 0.29) is 0 Å². The van der Waals surface area contributed by atoms with Crippen LogP contribution >= 0.6 is 11.6 Å². The van der Waals surface area contributed by atoms with Gasteiger partial charge in [-0.3, -0.25) is 0 Å². The van der Waals surface area contributed by atoms with Gasteiger partial charge < -0.3 is 10.2 Å². The summed E-state index contributed by atoms with van der Waals surface area (Å²) in [6.45, 7) is 3.90. The van der Waals surface area contributed by atoms with Crippen LogP contribution in [0.3, 0.4) is 0 Å². The van der Waals surface area contributed by atoms with E-state index in [0.29, 0.717) is 11.6 Å². The van der Waals surface area contributed by atoms with E-state index in [1.165, 1.54) is 0 Å². The lowest BCUT2D eigenvalue weighted by molar-refractivity contribution is 0.619. The highest BCUT2D eigenvalue weighted by molar-refractivity contribution is 6.33. The number of rotatable bonds is 1. The third-order valence-electron chi connectivity index (χ3n) is 3.17. The van der Waals surface area contributed by atoms with Crippen molar-refractivity contribution in [1.82, 2.24) is 4.98 Å². The summed E-state index contributed by atoms with van der Waals surface area (Å²) in [5, 5.41) is 0.736. The number of hydrogen-bond donors (Lipinski definition) is 1. The van der Waals surface area contributed by atoms with Crippen molar-refractivity contribution in [2.24, 2.45) is 0 Å². The Morgan fingerprint density at radius 1 is 1.21 bits per heavy atom. The van der Waals surface area contributed by atoms with Gasteiger partial charge >= 0.3 is 0 Å². The molecule has 3 aromatic rings. The van der Waals surface area contributed by atoms with Crippen molar-refractivity contribution in [3.63, 3.8) is 0 Å². The van der Waals surface area contributed by atoms with Crippen LogP contribution in [-0.2, 0) is 0 Å². The molecule has 0 saturated heterocycles. The number of benzene rings is 2. The second-order valence-corrected chi connectivity index (χ2v) is 5.00. The maximum atomic E-state index is 6.24. The van der Waals surface area contributed by atoms with E-state index in [9.17, 15) is 0 Å². The Labute approximate surface area is 116 Å². The molecule has 96 valence electrons. The Morgan fingerprint density at radius 2 is 2.00 bits per heavy atom. The molecule has 2 aromatic carbocycles. The lowest BCUT2D eigenvalue weighted by atomic mass is 10.1. The molecule has 2 N–H and O–H groups in total. The van der Waals surface area contributed by atoms with Crippen LogP contribution in [0.1, 0.15) is 11.1 Å². The molecular weight excluding hydrogens is 260 g/mol. The zero-order valence-electron chi connectivity index (χ0n) is 10.7. The van der Waals surface area contributed by atoms with Crippen molar-refractivity contribution in [2.75, 3.05) is 5.73 Å². The van der Waals surface area contributed by atoms with Gasteiger partial charge in [-0.25, -0.2) is 4.98 Å². The predicted octanol–water partition coefficient (Wildman–Crippen LogP) is 4.35. The van der Waals surface area contributed by atoms with E-state index >= 15 is 0 Å². The average Bonchev–Trinajstić information content (AvgIpc) is 2.80. The Morgan fingerprint density at radius 3 is 2.74 bits per heavy atom. The second-order valence-electron chi connectivity index (χ2n) is 4.62. The maximum Gasteiger partial charge on any atom is 0.227 e. The molecule has 0 aliphatic carbocycles. The van der Waals surface area contributed by atoms with Crippen molar-refractivity contribution in [1.29, 1.82) is 0 Å². The molecule has 0 amide bonds. The topological polar surface area (TPSA) is 52.0 Å². The molecule has 19 heavy (non-hydrogen) atoms. The standard InChI is InChI=1S/C15H13ClN2O/c1-8-6-12-14(9(2)13(8)16)18-15(19-12)10-4-3-5-11(17)7-10/h3-7H,17H2,1-2H3. The number of fused-ring (bicyclic) bond motifs is 1. The molecule has 1 aromatic heterocycles. The number of nitrogen functional groups attached to an aromatic ring is 1. The van der Waals surface area contributed by atoms with Crippen LogP contribution in [0.15, 0.2) is 34.7 Å². The third kappa shape index (κ3) is 1.96. The number of anilines is 1. The molecule has 3 nitrogen and oxygen atoms in total. The van der Waals surface area contributed by atoms with Crippen molar-refractivity contribution in [3.05, 3.63) is 46.5 Å². The van der Waals surface area contributed by atoms with Crippen molar-refractivity contribution in [3.8, 4) is 11.5 Å². The van der Waals surface area contributed by atoms with Gasteiger partial charge in [0.25, 0.3) is 0 Å². The summed E-state index contributed by atoms with van der Waals surface area (Å²) in [6, 6.07) is 9.38. The molecule has 1 heterocycles. The molecule has 0 aliphatic heterocycles. The van der Waals surface area contributed by atoms with Crippen LogP contribution in [0.2, 0.25) is 5.02 Å². The molecule has 0 spiro atoms. The summed E-state index contributed by atoms with van der Waals surface area (Å²) < 4.78 is 5.80. The molecule has 0 saturated carbocycles. The number of nitrogens with two attached hydrogens (primary N) is 1. The van der Waals surface area contributed by atoms with E-state index in [2.05, 4.69) is 4.98 Å². The zero-order valence-corrected chi connectivity index (χ0v) is 11.5. The fraction of sp³-hybridized carbons (Fsp3) is 0.133. The molecule has 3 rings (SSSR count). The fourth-order valence-electron chi connectivity index (χ4n) is 2.15. The van der Waals surface area contributed by atoms with Crippen LogP contribution < -0.4 is 5.73 Å². The molecule has 0 atom stereocenters. The largest absolute Gasteiger partial charge is 0.436 e. The van der Waals surface area contributed by atoms with E-state index in [1.54, 1.807) is 0 Å². The van der Waals surface area contributed by atoms with Gasteiger partial charge in [-0.05, 0) is 49.2 Å². The van der Waals surface area contributed by atoms with Crippen molar-refractivity contribution in [2.45, 2.75) is 13.8 Å². The molecule has 4 heteroatoms. The number of halogens is 1. The zero-order chi connectivity index (χ0) is 13.6. The van der Waals surface area contributed by atoms with Gasteiger partial charge in [0.2, 0.25) is 5.89 Å². The van der Waals surface area contributed by atoms with E-state index in [1.807, 2.05) is 44.2 Å². The monoisotopic (exact) mass is 272 g/mol. The van der Waals surface area contributed by atoms with Crippen LogP contribution in [0.4, 0.5) is 5.69 Å². The van der Waals surface area contributed by atoms with Crippen LogP contribution in [0.25, 0.3) is 22.6 Å². The first-order valence-electron chi connectivity index (χ1n) is 5.98. The molecule has 0 radical (unpaired) electrons. The minimum Gasteiger partial charge on any atom is -0.436 e. The third-order valence-corrected chi connectivity index (χ3v) is 3.75. The van der Waals surface area contributed by atoms with E-state index in [4.69, 9.17) is 21.8 Å². The smallest absolute Gasteiger partial charge is 0.227 e. The first kappa shape index (κ1) is 12.1. The highest BCUT2D eigenvalue weighted by atomic mass is 35.5. The van der Waals surface area contributed by atoms with Gasteiger partial charge in [0.15, 0.2) is 5.58 Å². The molecule has 0 unspecified atom stereocenters. The predicted molar refractivity (Wildman–Crippen MR) is 78.3 cm³/mol. The van der Waals surface area contributed by atoms with Gasteiger partial charge in [0, 0.05) is 16.3 Å². The maximum absolute atomic E-state index is 6.24. The van der Waals surface area contributed by atoms with Gasteiger partial charge in [0.05, 0.1) is 0 Å². The SMILES string of the molecule is Cc1cc2oc(-c3cccc(N)c3)nc2c(C)c1Cl. The van der Waals surface area contributed by atoms with Crippen molar-refractivity contribution < 1.29 is 4.42 Å². The van der Waals surface area contributed by atoms with Gasteiger partial charge in [-0.2, -0.15) is 0 Å². The van der Waals surface area contributed by atoms with Gasteiger partial charge in [-0.1, -0.05) is 17.7 Å². The first-order chi connectivity index (χ1) is 9.06. The number of nitrogens with zero attached hydrogens (tertiary/aromatic N) is 1. The number of aryl methyl sites for hydroxylation is 2. The Kier molecular flexibility index (Phi) is 2.72. The average molecular weight is 273 g/mol. The number of oxazole rings is 1. The lowest BCUT2D eigenvalue weighted by Crippen LogP contribution is -1.85. The Bertz CT molecular complexity index is 777. The molecule has 0 bridgehead atoms. The Hall–Kier alpha value is -2.00. The minimum absolute atomic E-state index is 0.562. The first-order valence-corrected chi connectivity index (χ1v) is 6.36. The summed E-state index contributed by atoms with van der Waals surface area (Å²) in [5.41, 5.74) is 10.8. The highest BCUT2D eigenvalue weighted by Gasteiger charge is 2.13. The minimum atomic E-state index is 0.562. The summed E-state index contributed by atoms with van der Waals surface area (Å²) in [7, 11) is 0. The van der Waals surface area contributed by atoms with Crippen LogP contribution in [-0.4, -0.2) is 4.98 Å². The van der Waals surface area contributed by atoms with Gasteiger partial charge in [-0.15, -0.1) is 0 Å². The molecule has 0 fully saturated rings. The summed E-state index contributed by atoms with van der Waals surface area (Å²) >= 11 is 6.24. The number of aromatic nitrogens is 1. The lowest BCUT2D eigenvalue weighted by Gasteiger charge is -2.00. The normalized spacial score (nSPS) is 11.1. The summed E-state index contributed by atoms with van der Waals surface area (Å²) in [4.78, 5) is 4.52.